The zero-order chi connectivity index (χ0) is 22.2. The number of para-hydroxylation sites is 1. The van der Waals surface area contributed by atoms with Crippen LogP contribution < -0.4 is 18.9 Å². The first kappa shape index (κ1) is 20.3. The molecule has 7 nitrogen and oxygen atoms in total. The first-order chi connectivity index (χ1) is 15.6. The summed E-state index contributed by atoms with van der Waals surface area (Å²) in [6.07, 6.45) is 0.255. The second-order valence-electron chi connectivity index (χ2n) is 7.75. The van der Waals surface area contributed by atoms with Crippen LogP contribution in [0.1, 0.15) is 48.3 Å². The summed E-state index contributed by atoms with van der Waals surface area (Å²) in [5, 5.41) is 6.95. The third-order valence-corrected chi connectivity index (χ3v) is 5.80. The minimum Gasteiger partial charge on any atom is -0.493 e. The van der Waals surface area contributed by atoms with Gasteiger partial charge in [-0.25, -0.2) is 5.01 Å². The monoisotopic (exact) mass is 434 g/mol. The molecule has 0 spiro atoms. The highest BCUT2D eigenvalue weighted by Crippen LogP contribution is 2.51. The predicted molar refractivity (Wildman–Crippen MR) is 120 cm³/mol. The Labute approximate surface area is 187 Å². The maximum Gasteiger partial charge on any atom is 0.214 e. The highest BCUT2D eigenvalue weighted by molar-refractivity contribution is 5.99. The lowest BCUT2D eigenvalue weighted by molar-refractivity contribution is -0.0213. The van der Waals surface area contributed by atoms with Crippen LogP contribution in [0.4, 0.5) is 0 Å². The average molecular weight is 434 g/mol. The van der Waals surface area contributed by atoms with E-state index in [-0.39, 0.29) is 6.04 Å². The molecule has 0 saturated carbocycles. The molecule has 0 amide bonds. The Bertz CT molecular complexity index is 1170. The smallest absolute Gasteiger partial charge is 0.214 e. The molecule has 5 rings (SSSR count). The van der Waals surface area contributed by atoms with E-state index in [1.165, 1.54) is 0 Å². The second-order valence-corrected chi connectivity index (χ2v) is 7.75. The Kier molecular flexibility index (Phi) is 5.17. The summed E-state index contributed by atoms with van der Waals surface area (Å²) in [6.45, 7) is 4.46. The van der Waals surface area contributed by atoms with Gasteiger partial charge in [-0.3, -0.25) is 0 Å². The molecule has 0 aliphatic carbocycles. The summed E-state index contributed by atoms with van der Waals surface area (Å²) < 4.78 is 29.2. The molecule has 7 heteroatoms. The van der Waals surface area contributed by atoms with Gasteiger partial charge in [0.05, 0.1) is 26.9 Å². The number of furan rings is 1. The molecular weight excluding hydrogens is 408 g/mol. The van der Waals surface area contributed by atoms with Crippen molar-refractivity contribution in [3.8, 4) is 23.0 Å². The number of methoxy groups -OCH3 is 2. The van der Waals surface area contributed by atoms with Crippen molar-refractivity contribution >= 4 is 5.71 Å². The van der Waals surface area contributed by atoms with Gasteiger partial charge in [0.25, 0.3) is 0 Å². The molecule has 2 aromatic carbocycles. The molecule has 3 heterocycles. The Morgan fingerprint density at radius 2 is 1.88 bits per heavy atom. The summed E-state index contributed by atoms with van der Waals surface area (Å²) >= 11 is 0. The fourth-order valence-corrected chi connectivity index (χ4v) is 4.32. The van der Waals surface area contributed by atoms with E-state index in [9.17, 15) is 0 Å². The number of benzene rings is 2. The lowest BCUT2D eigenvalue weighted by Crippen LogP contribution is -2.34. The van der Waals surface area contributed by atoms with E-state index < -0.39 is 6.23 Å². The van der Waals surface area contributed by atoms with Crippen LogP contribution in [0.5, 0.6) is 23.0 Å². The predicted octanol–water partition coefficient (Wildman–Crippen LogP) is 5.25. The Morgan fingerprint density at radius 1 is 1.03 bits per heavy atom. The third kappa shape index (κ3) is 3.34. The summed E-state index contributed by atoms with van der Waals surface area (Å²) in [6, 6.07) is 15.7. The summed E-state index contributed by atoms with van der Waals surface area (Å²) in [5.41, 5.74) is 2.85. The van der Waals surface area contributed by atoms with Crippen LogP contribution in [0.3, 0.4) is 0 Å². The maximum absolute atomic E-state index is 6.54. The molecule has 0 bridgehead atoms. The molecule has 2 aliphatic heterocycles. The van der Waals surface area contributed by atoms with Crippen molar-refractivity contribution in [1.29, 1.82) is 0 Å². The van der Waals surface area contributed by atoms with E-state index in [1.807, 2.05) is 61.3 Å². The molecule has 1 aromatic heterocycles. The Morgan fingerprint density at radius 3 is 2.59 bits per heavy atom. The quantitative estimate of drug-likeness (QED) is 0.528. The van der Waals surface area contributed by atoms with Crippen LogP contribution in [-0.4, -0.2) is 31.5 Å². The van der Waals surface area contributed by atoms with Crippen molar-refractivity contribution in [1.82, 2.24) is 5.01 Å². The van der Waals surface area contributed by atoms with Crippen molar-refractivity contribution < 1.29 is 23.4 Å². The van der Waals surface area contributed by atoms with Crippen molar-refractivity contribution in [2.45, 2.75) is 32.5 Å². The number of ether oxygens (including phenoxy) is 4. The molecule has 166 valence electrons. The third-order valence-electron chi connectivity index (χ3n) is 5.80. The summed E-state index contributed by atoms with van der Waals surface area (Å²) in [4.78, 5) is 0. The topological polar surface area (TPSA) is 65.7 Å². The summed E-state index contributed by atoms with van der Waals surface area (Å²) in [7, 11) is 3.25. The van der Waals surface area contributed by atoms with E-state index in [2.05, 4.69) is 6.07 Å². The van der Waals surface area contributed by atoms with Crippen molar-refractivity contribution in [3.05, 3.63) is 71.2 Å². The van der Waals surface area contributed by atoms with E-state index in [0.29, 0.717) is 24.5 Å². The fraction of sp³-hybridized carbons (Fsp3) is 0.320. The van der Waals surface area contributed by atoms with Gasteiger partial charge in [0.2, 0.25) is 6.23 Å². The number of aryl methyl sites for hydroxylation is 1. The van der Waals surface area contributed by atoms with Crippen molar-refractivity contribution in [2.24, 2.45) is 5.10 Å². The van der Waals surface area contributed by atoms with E-state index in [1.54, 1.807) is 14.2 Å². The van der Waals surface area contributed by atoms with Gasteiger partial charge in [-0.15, -0.1) is 0 Å². The lowest BCUT2D eigenvalue weighted by atomic mass is 9.97. The molecular formula is C25H26N2O5. The first-order valence-electron chi connectivity index (χ1n) is 10.7. The zero-order valence-corrected chi connectivity index (χ0v) is 18.6. The van der Waals surface area contributed by atoms with Crippen LogP contribution in [0, 0.1) is 6.92 Å². The van der Waals surface area contributed by atoms with Crippen LogP contribution >= 0.6 is 0 Å². The normalized spacial score (nSPS) is 19.0. The number of fused-ring (bicyclic) bond motifs is 3. The van der Waals surface area contributed by atoms with Gasteiger partial charge >= 0.3 is 0 Å². The Hall–Kier alpha value is -3.61. The number of hydrogen-bond donors (Lipinski definition) is 0. The van der Waals surface area contributed by atoms with Crippen molar-refractivity contribution in [3.63, 3.8) is 0 Å². The number of rotatable bonds is 6. The van der Waals surface area contributed by atoms with Crippen LogP contribution in [0.2, 0.25) is 0 Å². The lowest BCUT2D eigenvalue weighted by Gasteiger charge is -2.38. The molecule has 0 saturated heterocycles. The van der Waals surface area contributed by atoms with Gasteiger partial charge in [-0.05, 0) is 50.2 Å². The van der Waals surface area contributed by atoms with E-state index in [4.69, 9.17) is 28.5 Å². The first-order valence-corrected chi connectivity index (χ1v) is 10.7. The van der Waals surface area contributed by atoms with Gasteiger partial charge in [0.15, 0.2) is 23.0 Å². The number of nitrogens with zero attached hydrogens (tertiary/aromatic N) is 2. The fourth-order valence-electron chi connectivity index (χ4n) is 4.32. The second kappa shape index (κ2) is 8.15. The standard InChI is InChI=1S/C25H26N2O5/c1-5-30-22-8-6-7-17-19-14-18(20-11-9-15(2)31-20)26-27(19)25(32-24(17)22)16-10-12-21(28-3)23(13-16)29-4/h6-13,19,25H,5,14H2,1-4H3/t19-,25-/m0/s1. The largest absolute Gasteiger partial charge is 0.493 e. The minimum atomic E-state index is -0.456. The van der Waals surface area contributed by atoms with Crippen LogP contribution in [-0.2, 0) is 0 Å². The van der Waals surface area contributed by atoms with E-state index in [0.717, 1.165) is 39.9 Å². The average Bonchev–Trinajstić information content (AvgIpc) is 3.45. The molecule has 3 aromatic rings. The summed E-state index contributed by atoms with van der Waals surface area (Å²) in [5.74, 6) is 4.43. The van der Waals surface area contributed by atoms with Crippen LogP contribution in [0.15, 0.2) is 58.0 Å². The number of hydrogen-bond acceptors (Lipinski definition) is 7. The molecule has 0 N–H and O–H groups in total. The highest BCUT2D eigenvalue weighted by Gasteiger charge is 2.43. The minimum absolute atomic E-state index is 0.00217. The molecule has 0 fully saturated rings. The zero-order valence-electron chi connectivity index (χ0n) is 18.6. The molecule has 0 unspecified atom stereocenters. The molecule has 2 atom stereocenters. The SMILES string of the molecule is CCOc1cccc2c1O[C@@H](c1ccc(OC)c(OC)c1)N1N=C(c3ccc(C)o3)C[C@@H]21. The van der Waals surface area contributed by atoms with Gasteiger partial charge in [0.1, 0.15) is 17.2 Å². The van der Waals surface area contributed by atoms with Crippen LogP contribution in [0.25, 0.3) is 0 Å². The molecule has 32 heavy (non-hydrogen) atoms. The van der Waals surface area contributed by atoms with Gasteiger partial charge < -0.3 is 23.4 Å². The highest BCUT2D eigenvalue weighted by atomic mass is 16.5. The Balaban J connectivity index is 1.62. The maximum atomic E-state index is 6.54. The van der Waals surface area contributed by atoms with Gasteiger partial charge in [0, 0.05) is 17.5 Å². The molecule has 2 aliphatic rings. The van der Waals surface area contributed by atoms with Crippen molar-refractivity contribution in [2.75, 3.05) is 20.8 Å². The number of hydrazone groups is 1. The van der Waals surface area contributed by atoms with Gasteiger partial charge in [-0.1, -0.05) is 12.1 Å². The van der Waals surface area contributed by atoms with Gasteiger partial charge in [-0.2, -0.15) is 5.10 Å². The van der Waals surface area contributed by atoms with E-state index >= 15 is 0 Å². The molecule has 0 radical (unpaired) electrons.